The molecule has 6 heteroatoms. The largest absolute Gasteiger partial charge is 0.481 e. The van der Waals surface area contributed by atoms with Gasteiger partial charge in [0, 0.05) is 12.3 Å². The molecular formula is C20H32O6. The van der Waals surface area contributed by atoms with Crippen molar-refractivity contribution in [2.45, 2.75) is 83.0 Å². The van der Waals surface area contributed by atoms with Crippen molar-refractivity contribution >= 4 is 11.9 Å². The first-order valence-electron chi connectivity index (χ1n) is 9.54. The maximum absolute atomic E-state index is 11.6. The van der Waals surface area contributed by atoms with Gasteiger partial charge in [0.2, 0.25) is 0 Å². The van der Waals surface area contributed by atoms with Gasteiger partial charge in [0.15, 0.2) is 0 Å². The van der Waals surface area contributed by atoms with Crippen LogP contribution in [0, 0.1) is 5.92 Å². The average molecular weight is 368 g/mol. The van der Waals surface area contributed by atoms with Gasteiger partial charge in [-0.1, -0.05) is 44.4 Å². The molecule has 0 spiro atoms. The Balaban J connectivity index is 2.54. The molecule has 26 heavy (non-hydrogen) atoms. The van der Waals surface area contributed by atoms with Gasteiger partial charge in [-0.3, -0.25) is 9.59 Å². The van der Waals surface area contributed by atoms with E-state index in [9.17, 15) is 19.8 Å². The summed E-state index contributed by atoms with van der Waals surface area (Å²) in [6, 6.07) is 0. The van der Waals surface area contributed by atoms with Crippen molar-refractivity contribution in [3.63, 3.8) is 0 Å². The molecule has 1 fully saturated rings. The third kappa shape index (κ3) is 9.15. The summed E-state index contributed by atoms with van der Waals surface area (Å²) in [6.07, 6.45) is 10.8. The summed E-state index contributed by atoms with van der Waals surface area (Å²) >= 11 is 0. The van der Waals surface area contributed by atoms with E-state index >= 15 is 0 Å². The van der Waals surface area contributed by atoms with Gasteiger partial charge < -0.3 is 20.1 Å². The Morgan fingerprint density at radius 2 is 2.08 bits per heavy atom. The van der Waals surface area contributed by atoms with Crippen LogP contribution < -0.4 is 0 Å². The second-order valence-corrected chi connectivity index (χ2v) is 6.83. The number of hydrogen-bond acceptors (Lipinski definition) is 5. The van der Waals surface area contributed by atoms with Crippen molar-refractivity contribution in [1.82, 2.24) is 0 Å². The molecule has 0 radical (unpaired) electrons. The molecule has 6 nitrogen and oxygen atoms in total. The summed E-state index contributed by atoms with van der Waals surface area (Å²) < 4.78 is 5.35. The Hall–Kier alpha value is -1.66. The monoisotopic (exact) mass is 368 g/mol. The van der Waals surface area contributed by atoms with Gasteiger partial charge in [0.1, 0.15) is 6.10 Å². The highest BCUT2D eigenvalue weighted by Crippen LogP contribution is 2.27. The summed E-state index contributed by atoms with van der Waals surface area (Å²) in [5.41, 5.74) is 0. The highest BCUT2D eigenvalue weighted by molar-refractivity contribution is 5.71. The molecule has 0 bridgehead atoms. The number of carbonyl (C=O) groups is 2. The zero-order valence-corrected chi connectivity index (χ0v) is 15.5. The third-order valence-electron chi connectivity index (χ3n) is 4.52. The number of aliphatic carboxylic acids is 1. The van der Waals surface area contributed by atoms with Crippen molar-refractivity contribution < 1.29 is 29.6 Å². The van der Waals surface area contributed by atoms with Crippen LogP contribution in [0.5, 0.6) is 0 Å². The second-order valence-electron chi connectivity index (χ2n) is 6.83. The predicted molar refractivity (Wildman–Crippen MR) is 98.5 cm³/mol. The van der Waals surface area contributed by atoms with Crippen LogP contribution in [0.1, 0.15) is 64.7 Å². The van der Waals surface area contributed by atoms with Crippen LogP contribution in [0.3, 0.4) is 0 Å². The number of hydrogen-bond donors (Lipinski definition) is 3. The Labute approximate surface area is 155 Å². The van der Waals surface area contributed by atoms with E-state index in [1.165, 1.54) is 0 Å². The van der Waals surface area contributed by atoms with Crippen molar-refractivity contribution in [2.24, 2.45) is 5.92 Å². The topological polar surface area (TPSA) is 104 Å². The van der Waals surface area contributed by atoms with E-state index in [2.05, 4.69) is 6.92 Å². The van der Waals surface area contributed by atoms with Crippen LogP contribution in [0.2, 0.25) is 0 Å². The lowest BCUT2D eigenvalue weighted by Crippen LogP contribution is -2.41. The molecule has 1 rings (SSSR count). The van der Waals surface area contributed by atoms with Gasteiger partial charge in [0.25, 0.3) is 0 Å². The van der Waals surface area contributed by atoms with E-state index in [4.69, 9.17) is 9.84 Å². The summed E-state index contributed by atoms with van der Waals surface area (Å²) in [7, 11) is 0. The molecule has 1 saturated heterocycles. The number of allylic oxidation sites excluding steroid dienone is 2. The van der Waals surface area contributed by atoms with Crippen molar-refractivity contribution in [3.05, 3.63) is 24.3 Å². The smallest absolute Gasteiger partial charge is 0.309 e. The average Bonchev–Trinajstić information content (AvgIpc) is 2.57. The minimum absolute atomic E-state index is 0.0269. The SMILES string of the molecule is CCCCCC(O)C=CC1OC(=O)CC(O)C1CC=CCCCC(=O)O. The van der Waals surface area contributed by atoms with Crippen LogP contribution in [0.25, 0.3) is 0 Å². The van der Waals surface area contributed by atoms with Crippen molar-refractivity contribution in [3.8, 4) is 0 Å². The molecule has 0 aliphatic carbocycles. The molecule has 0 aromatic heterocycles. The Morgan fingerprint density at radius 3 is 2.77 bits per heavy atom. The van der Waals surface area contributed by atoms with E-state index < -0.39 is 30.3 Å². The maximum atomic E-state index is 11.6. The summed E-state index contributed by atoms with van der Waals surface area (Å²) in [5.74, 6) is -1.51. The Kier molecular flexibility index (Phi) is 10.9. The molecule has 4 atom stereocenters. The minimum Gasteiger partial charge on any atom is -0.481 e. The summed E-state index contributed by atoms with van der Waals surface area (Å²) in [4.78, 5) is 22.1. The number of esters is 1. The van der Waals surface area contributed by atoms with Gasteiger partial charge >= 0.3 is 11.9 Å². The number of unbranched alkanes of at least 4 members (excludes halogenated alkanes) is 3. The van der Waals surface area contributed by atoms with Gasteiger partial charge in [-0.15, -0.1) is 0 Å². The maximum Gasteiger partial charge on any atom is 0.309 e. The lowest BCUT2D eigenvalue weighted by molar-refractivity contribution is -0.163. The van der Waals surface area contributed by atoms with Crippen LogP contribution in [0.15, 0.2) is 24.3 Å². The number of aliphatic hydroxyl groups is 2. The van der Waals surface area contributed by atoms with Crippen LogP contribution in [-0.4, -0.2) is 45.6 Å². The fourth-order valence-corrected chi connectivity index (χ4v) is 2.98. The first-order valence-corrected chi connectivity index (χ1v) is 9.54. The molecule has 3 N–H and O–H groups in total. The number of aliphatic hydroxyl groups excluding tert-OH is 2. The highest BCUT2D eigenvalue weighted by atomic mass is 16.5. The second kappa shape index (κ2) is 12.7. The predicted octanol–water partition coefficient (Wildman–Crippen LogP) is 2.98. The van der Waals surface area contributed by atoms with E-state index in [-0.39, 0.29) is 18.8 Å². The van der Waals surface area contributed by atoms with E-state index in [0.29, 0.717) is 25.7 Å². The first-order chi connectivity index (χ1) is 12.4. The third-order valence-corrected chi connectivity index (χ3v) is 4.52. The first kappa shape index (κ1) is 22.4. The lowest BCUT2D eigenvalue weighted by Gasteiger charge is -2.32. The fourth-order valence-electron chi connectivity index (χ4n) is 2.98. The normalized spacial score (nSPS) is 24.9. The van der Waals surface area contributed by atoms with Gasteiger partial charge in [-0.25, -0.2) is 0 Å². The quantitative estimate of drug-likeness (QED) is 0.278. The number of rotatable bonds is 12. The van der Waals surface area contributed by atoms with Gasteiger partial charge in [-0.2, -0.15) is 0 Å². The standard InChI is InChI=1S/C20H32O6/c1-2-3-6-9-15(21)12-13-18-16(17(22)14-20(25)26-18)10-7-4-5-8-11-19(23)24/h4,7,12-13,15-18,21-22H,2-3,5-6,8-11,14H2,1H3,(H,23,24). The molecule has 0 aromatic carbocycles. The number of carboxylic acids is 1. The summed E-state index contributed by atoms with van der Waals surface area (Å²) in [6.45, 7) is 2.10. The summed E-state index contributed by atoms with van der Waals surface area (Å²) in [5, 5.41) is 28.8. The molecule has 0 amide bonds. The van der Waals surface area contributed by atoms with Gasteiger partial charge in [0.05, 0.1) is 18.6 Å². The van der Waals surface area contributed by atoms with Crippen LogP contribution >= 0.6 is 0 Å². The Morgan fingerprint density at radius 1 is 1.31 bits per heavy atom. The molecule has 1 aliphatic heterocycles. The van der Waals surface area contributed by atoms with E-state index in [0.717, 1.165) is 19.3 Å². The number of carboxylic acid groups (broad SMARTS) is 1. The van der Waals surface area contributed by atoms with Crippen molar-refractivity contribution in [2.75, 3.05) is 0 Å². The van der Waals surface area contributed by atoms with Gasteiger partial charge in [-0.05, 0) is 31.8 Å². The van der Waals surface area contributed by atoms with Crippen molar-refractivity contribution in [1.29, 1.82) is 0 Å². The Bertz CT molecular complexity index is 485. The molecular weight excluding hydrogens is 336 g/mol. The number of ether oxygens (including phenoxy) is 1. The zero-order chi connectivity index (χ0) is 19.4. The lowest BCUT2D eigenvalue weighted by atomic mass is 9.87. The van der Waals surface area contributed by atoms with E-state index in [1.54, 1.807) is 12.2 Å². The zero-order valence-electron chi connectivity index (χ0n) is 15.5. The van der Waals surface area contributed by atoms with E-state index in [1.807, 2.05) is 12.2 Å². The minimum atomic E-state index is -0.810. The molecule has 1 heterocycles. The molecule has 4 unspecified atom stereocenters. The van der Waals surface area contributed by atoms with Crippen LogP contribution in [-0.2, 0) is 14.3 Å². The molecule has 148 valence electrons. The number of cyclic esters (lactones) is 1. The number of carbonyl (C=O) groups excluding carboxylic acids is 1. The molecule has 0 aromatic rings. The van der Waals surface area contributed by atoms with Crippen LogP contribution in [0.4, 0.5) is 0 Å². The highest BCUT2D eigenvalue weighted by Gasteiger charge is 2.35. The molecule has 1 aliphatic rings. The molecule has 0 saturated carbocycles. The fraction of sp³-hybridized carbons (Fsp3) is 0.700.